The lowest BCUT2D eigenvalue weighted by molar-refractivity contribution is -0.440. The third-order valence-corrected chi connectivity index (χ3v) is 0.801. The molecule has 0 bridgehead atoms. The van der Waals surface area contributed by atoms with Gasteiger partial charge in [0, 0.05) is 6.08 Å². The molecule has 1 amide bonds. The van der Waals surface area contributed by atoms with Crippen molar-refractivity contribution in [1.82, 2.24) is 15.5 Å². The first-order valence-corrected chi connectivity index (χ1v) is 2.55. The van der Waals surface area contributed by atoms with Crippen molar-refractivity contribution >= 4 is 11.9 Å². The first-order chi connectivity index (χ1) is 4.83. The van der Waals surface area contributed by atoms with Crippen LogP contribution in [0.2, 0.25) is 0 Å². The summed E-state index contributed by atoms with van der Waals surface area (Å²) < 4.78 is 0. The number of hydrogen-bond acceptors (Lipinski definition) is 3. The van der Waals surface area contributed by atoms with Gasteiger partial charge in [0.1, 0.15) is 5.21 Å². The number of aromatic nitrogens is 4. The second-order valence-electron chi connectivity index (χ2n) is 1.48. The van der Waals surface area contributed by atoms with Crippen molar-refractivity contribution in [3.05, 3.63) is 12.7 Å². The van der Waals surface area contributed by atoms with Crippen molar-refractivity contribution in [3.8, 4) is 0 Å². The van der Waals surface area contributed by atoms with Crippen LogP contribution in [0.1, 0.15) is 0 Å². The fourth-order valence-electron chi connectivity index (χ4n) is 0.402. The SMILES string of the molecule is C=CC(=O)Nc1nn[nH][nH+]1. The molecular formula is C4H6N5O+. The number of carbonyl (C=O) groups is 1. The zero-order valence-electron chi connectivity index (χ0n) is 5.09. The minimum atomic E-state index is -0.329. The molecule has 1 aromatic rings. The average Bonchev–Trinajstić information content (AvgIpc) is 2.40. The number of carbonyl (C=O) groups excluding carboxylic acids is 1. The van der Waals surface area contributed by atoms with Crippen LogP contribution in [0.4, 0.5) is 5.95 Å². The summed E-state index contributed by atoms with van der Waals surface area (Å²) in [5.74, 6) is -0.0601. The summed E-state index contributed by atoms with van der Waals surface area (Å²) in [7, 11) is 0. The van der Waals surface area contributed by atoms with Gasteiger partial charge in [-0.05, 0) is 0 Å². The molecule has 0 saturated heterocycles. The van der Waals surface area contributed by atoms with Gasteiger partial charge >= 0.3 is 5.95 Å². The third kappa shape index (κ3) is 1.38. The van der Waals surface area contributed by atoms with Gasteiger partial charge in [-0.15, -0.1) is 5.21 Å². The molecular weight excluding hydrogens is 134 g/mol. The summed E-state index contributed by atoms with van der Waals surface area (Å²) >= 11 is 0. The van der Waals surface area contributed by atoms with Gasteiger partial charge in [-0.2, -0.15) is 5.10 Å². The smallest absolute Gasteiger partial charge is 0.256 e. The topological polar surface area (TPSA) is 84.8 Å². The largest absolute Gasteiger partial charge is 0.404 e. The van der Waals surface area contributed by atoms with E-state index >= 15 is 0 Å². The molecule has 3 N–H and O–H groups in total. The van der Waals surface area contributed by atoms with Crippen LogP contribution >= 0.6 is 0 Å². The molecule has 0 aliphatic rings. The molecule has 0 aromatic carbocycles. The van der Waals surface area contributed by atoms with E-state index in [1.54, 1.807) is 0 Å². The maximum atomic E-state index is 10.5. The summed E-state index contributed by atoms with van der Waals surface area (Å²) in [4.78, 5) is 10.5. The number of aromatic amines is 2. The molecule has 1 aromatic heterocycles. The van der Waals surface area contributed by atoms with Crippen LogP contribution in [0.25, 0.3) is 0 Å². The lowest BCUT2D eigenvalue weighted by atomic mass is 10.6. The Labute approximate surface area is 56.3 Å². The molecule has 0 radical (unpaired) electrons. The zero-order valence-corrected chi connectivity index (χ0v) is 5.09. The Kier molecular flexibility index (Phi) is 1.74. The molecule has 52 valence electrons. The highest BCUT2D eigenvalue weighted by atomic mass is 16.1. The summed E-state index contributed by atoms with van der Waals surface area (Å²) in [5.41, 5.74) is 0. The highest BCUT2D eigenvalue weighted by Gasteiger charge is 2.06. The average molecular weight is 140 g/mol. The van der Waals surface area contributed by atoms with Gasteiger partial charge in [0.2, 0.25) is 0 Å². The fourth-order valence-corrected chi connectivity index (χ4v) is 0.402. The van der Waals surface area contributed by atoms with Crippen LogP contribution < -0.4 is 10.4 Å². The number of nitrogens with one attached hydrogen (secondary N) is 3. The van der Waals surface area contributed by atoms with Crippen molar-refractivity contribution in [3.63, 3.8) is 0 Å². The third-order valence-electron chi connectivity index (χ3n) is 0.801. The second kappa shape index (κ2) is 2.72. The number of anilines is 1. The maximum absolute atomic E-state index is 10.5. The highest BCUT2D eigenvalue weighted by molar-refractivity contribution is 5.97. The van der Waals surface area contributed by atoms with E-state index in [9.17, 15) is 4.79 Å². The van der Waals surface area contributed by atoms with Crippen LogP contribution in [0.5, 0.6) is 0 Å². The minimum Gasteiger partial charge on any atom is -0.256 e. The van der Waals surface area contributed by atoms with Crippen LogP contribution in [0.3, 0.4) is 0 Å². The Morgan fingerprint density at radius 1 is 1.90 bits per heavy atom. The molecule has 1 heterocycles. The number of hydrogen-bond donors (Lipinski definition) is 2. The van der Waals surface area contributed by atoms with Crippen molar-refractivity contribution in [2.24, 2.45) is 0 Å². The van der Waals surface area contributed by atoms with Gasteiger partial charge in [-0.1, -0.05) is 6.58 Å². The quantitative estimate of drug-likeness (QED) is 0.503. The van der Waals surface area contributed by atoms with Crippen LogP contribution in [0, 0.1) is 0 Å². The molecule has 0 aliphatic heterocycles. The van der Waals surface area contributed by atoms with Crippen LogP contribution in [0.15, 0.2) is 12.7 Å². The minimum absolute atomic E-state index is 0.268. The Balaban J connectivity index is 2.56. The molecule has 6 nitrogen and oxygen atoms in total. The van der Waals surface area contributed by atoms with Crippen LogP contribution in [-0.4, -0.2) is 21.4 Å². The van der Waals surface area contributed by atoms with E-state index in [0.29, 0.717) is 0 Å². The lowest BCUT2D eigenvalue weighted by Crippen LogP contribution is -2.16. The molecule has 0 spiro atoms. The Hall–Kier alpha value is -1.72. The normalized spacial score (nSPS) is 8.80. The standard InChI is InChI=1S/C4H5N5O/c1-2-3(10)5-4-6-8-9-7-4/h2H,1H2,(H2,5,6,7,8,9,10)/p+1. The van der Waals surface area contributed by atoms with Crippen molar-refractivity contribution in [2.75, 3.05) is 5.32 Å². The Morgan fingerprint density at radius 2 is 2.70 bits per heavy atom. The van der Waals surface area contributed by atoms with Crippen molar-refractivity contribution in [1.29, 1.82) is 0 Å². The summed E-state index contributed by atoms with van der Waals surface area (Å²) in [6, 6.07) is 0. The van der Waals surface area contributed by atoms with Crippen molar-refractivity contribution < 1.29 is 9.89 Å². The molecule has 1 rings (SSSR count). The van der Waals surface area contributed by atoms with Gasteiger partial charge < -0.3 is 0 Å². The van der Waals surface area contributed by atoms with E-state index < -0.39 is 0 Å². The van der Waals surface area contributed by atoms with E-state index in [1.807, 2.05) is 0 Å². The molecule has 0 unspecified atom stereocenters. The molecule has 0 fully saturated rings. The highest BCUT2D eigenvalue weighted by Crippen LogP contribution is 1.83. The first-order valence-electron chi connectivity index (χ1n) is 2.55. The van der Waals surface area contributed by atoms with E-state index in [1.165, 1.54) is 0 Å². The Morgan fingerprint density at radius 3 is 3.20 bits per heavy atom. The Bertz CT molecular complexity index is 228. The van der Waals surface area contributed by atoms with Crippen molar-refractivity contribution in [2.45, 2.75) is 0 Å². The van der Waals surface area contributed by atoms with E-state index in [-0.39, 0.29) is 11.9 Å². The van der Waals surface area contributed by atoms with Gasteiger partial charge in [0.25, 0.3) is 5.91 Å². The van der Waals surface area contributed by atoms with Crippen LogP contribution in [-0.2, 0) is 4.79 Å². The summed E-state index contributed by atoms with van der Waals surface area (Å²) in [6.07, 6.45) is 1.14. The predicted octanol–water partition coefficient (Wildman–Crippen LogP) is -1.26. The van der Waals surface area contributed by atoms with E-state index in [0.717, 1.165) is 6.08 Å². The molecule has 0 atom stereocenters. The number of amides is 1. The van der Waals surface area contributed by atoms with E-state index in [2.05, 4.69) is 32.5 Å². The monoisotopic (exact) mass is 140 g/mol. The van der Waals surface area contributed by atoms with Gasteiger partial charge in [0.15, 0.2) is 0 Å². The van der Waals surface area contributed by atoms with Gasteiger partial charge in [-0.25, -0.2) is 5.32 Å². The first kappa shape index (κ1) is 6.40. The predicted molar refractivity (Wildman–Crippen MR) is 31.8 cm³/mol. The van der Waals surface area contributed by atoms with Gasteiger partial charge in [0.05, 0.1) is 5.10 Å². The number of H-pyrrole nitrogens is 2. The molecule has 0 saturated carbocycles. The summed E-state index contributed by atoms with van der Waals surface area (Å²) in [6.45, 7) is 3.26. The lowest BCUT2D eigenvalue weighted by Gasteiger charge is -1.83. The summed E-state index contributed by atoms with van der Waals surface area (Å²) in [5, 5.41) is 13.9. The number of nitrogens with zero attached hydrogens (tertiary/aromatic N) is 2. The molecule has 10 heavy (non-hydrogen) atoms. The maximum Gasteiger partial charge on any atom is 0.404 e. The molecule has 0 aliphatic carbocycles. The number of tetrazole rings is 1. The fraction of sp³-hybridized carbons (Fsp3) is 0. The van der Waals surface area contributed by atoms with E-state index in [4.69, 9.17) is 0 Å². The van der Waals surface area contributed by atoms with Gasteiger partial charge in [-0.3, -0.25) is 4.79 Å². The molecule has 6 heteroatoms. The zero-order chi connectivity index (χ0) is 7.40. The number of rotatable bonds is 2. The second-order valence-corrected chi connectivity index (χ2v) is 1.48.